The van der Waals surface area contributed by atoms with Gasteiger partial charge in [0.15, 0.2) is 0 Å². The first-order valence-corrected chi connectivity index (χ1v) is 14.3. The third-order valence-corrected chi connectivity index (χ3v) is 7.39. The van der Waals surface area contributed by atoms with Crippen LogP contribution in [0, 0.1) is 0 Å². The van der Waals surface area contributed by atoms with Gasteiger partial charge in [-0.15, -0.1) is 0 Å². The van der Waals surface area contributed by atoms with Crippen molar-refractivity contribution in [2.45, 2.75) is 52.2 Å². The maximum atomic E-state index is 13.7. The molecule has 0 spiro atoms. The van der Waals surface area contributed by atoms with Crippen molar-refractivity contribution >= 4 is 66.7 Å². The second-order valence-corrected chi connectivity index (χ2v) is 12.8. The number of benzene rings is 2. The molecule has 0 aliphatic heterocycles. The van der Waals surface area contributed by atoms with Gasteiger partial charge in [-0.1, -0.05) is 58.2 Å². The topological polar surface area (TPSA) is 86.8 Å². The molecule has 0 heterocycles. The summed E-state index contributed by atoms with van der Waals surface area (Å²) in [7, 11) is -3.82. The number of hydrogen-bond donors (Lipinski definition) is 1. The molecule has 7 nitrogen and oxygen atoms in total. The highest BCUT2D eigenvalue weighted by Crippen LogP contribution is 2.28. The molecule has 1 atom stereocenters. The highest BCUT2D eigenvalue weighted by atomic mass is 79.9. The van der Waals surface area contributed by atoms with E-state index in [0.717, 1.165) is 10.6 Å². The van der Waals surface area contributed by atoms with E-state index < -0.39 is 34.1 Å². The molecule has 0 bridgehead atoms. The summed E-state index contributed by atoms with van der Waals surface area (Å²) in [5.41, 5.74) is 0.258. The molecule has 0 radical (unpaired) electrons. The molecule has 2 aromatic rings. The van der Waals surface area contributed by atoms with E-state index in [1.807, 2.05) is 20.8 Å². The van der Waals surface area contributed by atoms with Gasteiger partial charge in [0, 0.05) is 32.2 Å². The van der Waals surface area contributed by atoms with Gasteiger partial charge in [0.2, 0.25) is 21.8 Å². The van der Waals surface area contributed by atoms with E-state index in [2.05, 4.69) is 21.2 Å². The SMILES string of the molecule is CC[C@H](C(=O)NC(C)(C)C)N(Cc1c(Cl)cccc1Cl)C(=O)CN(c1cccc(Br)c1)S(C)(=O)=O. The van der Waals surface area contributed by atoms with Crippen LogP contribution in [0.1, 0.15) is 39.7 Å². The van der Waals surface area contributed by atoms with Crippen LogP contribution in [0.4, 0.5) is 5.69 Å². The second-order valence-electron chi connectivity index (χ2n) is 9.13. The summed E-state index contributed by atoms with van der Waals surface area (Å²) in [4.78, 5) is 28.2. The smallest absolute Gasteiger partial charge is 0.244 e. The van der Waals surface area contributed by atoms with Crippen LogP contribution >= 0.6 is 39.1 Å². The van der Waals surface area contributed by atoms with Gasteiger partial charge in [-0.25, -0.2) is 8.42 Å². The lowest BCUT2D eigenvalue weighted by Gasteiger charge is -2.34. The molecule has 192 valence electrons. The zero-order valence-electron chi connectivity index (χ0n) is 20.3. The van der Waals surface area contributed by atoms with Crippen LogP contribution in [0.5, 0.6) is 0 Å². The Morgan fingerprint density at radius 1 is 1.09 bits per heavy atom. The van der Waals surface area contributed by atoms with Gasteiger partial charge in [0.1, 0.15) is 12.6 Å². The Morgan fingerprint density at radius 3 is 2.14 bits per heavy atom. The second kappa shape index (κ2) is 12.0. The summed E-state index contributed by atoms with van der Waals surface area (Å²) in [6.45, 7) is 6.73. The van der Waals surface area contributed by atoms with Gasteiger partial charge >= 0.3 is 0 Å². The minimum atomic E-state index is -3.82. The first-order valence-electron chi connectivity index (χ1n) is 10.9. The van der Waals surface area contributed by atoms with Crippen LogP contribution in [-0.4, -0.2) is 49.5 Å². The molecule has 35 heavy (non-hydrogen) atoms. The van der Waals surface area contributed by atoms with Crippen molar-refractivity contribution in [3.05, 3.63) is 62.5 Å². The number of anilines is 1. The predicted octanol–water partition coefficient (Wildman–Crippen LogP) is 5.24. The molecule has 2 amide bonds. The van der Waals surface area contributed by atoms with E-state index in [1.54, 1.807) is 49.4 Å². The van der Waals surface area contributed by atoms with Crippen LogP contribution in [0.3, 0.4) is 0 Å². The fourth-order valence-electron chi connectivity index (χ4n) is 3.47. The third kappa shape index (κ3) is 8.37. The predicted molar refractivity (Wildman–Crippen MR) is 145 cm³/mol. The average Bonchev–Trinajstić information content (AvgIpc) is 2.71. The Balaban J connectivity index is 2.52. The number of nitrogens with zero attached hydrogens (tertiary/aromatic N) is 2. The molecule has 0 aliphatic rings. The summed E-state index contributed by atoms with van der Waals surface area (Å²) >= 11 is 16.1. The summed E-state index contributed by atoms with van der Waals surface area (Å²) < 4.78 is 27.0. The summed E-state index contributed by atoms with van der Waals surface area (Å²) in [5, 5.41) is 3.59. The number of hydrogen-bond acceptors (Lipinski definition) is 4. The quantitative estimate of drug-likeness (QED) is 0.423. The van der Waals surface area contributed by atoms with Gasteiger partial charge in [-0.05, 0) is 57.5 Å². The summed E-state index contributed by atoms with van der Waals surface area (Å²) in [5.74, 6) is -0.924. The molecular weight excluding hydrogens is 577 g/mol. The number of amides is 2. The Bertz CT molecular complexity index is 1170. The van der Waals surface area contributed by atoms with E-state index in [4.69, 9.17) is 23.2 Å². The van der Waals surface area contributed by atoms with Crippen LogP contribution < -0.4 is 9.62 Å². The number of rotatable bonds is 9. The van der Waals surface area contributed by atoms with Crippen molar-refractivity contribution in [3.8, 4) is 0 Å². The first-order chi connectivity index (χ1) is 16.1. The largest absolute Gasteiger partial charge is 0.350 e. The number of halogens is 3. The van der Waals surface area contributed by atoms with Crippen molar-refractivity contribution < 1.29 is 18.0 Å². The molecule has 11 heteroatoms. The Kier molecular flexibility index (Phi) is 10.0. The standard InChI is InChI=1S/C24H30BrCl2N3O4S/c1-6-21(23(32)28-24(2,3)4)29(14-18-19(26)11-8-12-20(18)27)22(31)15-30(35(5,33)34)17-10-7-9-16(25)13-17/h7-13,21H,6,14-15H2,1-5H3,(H,28,32)/t21-/m1/s1. The third-order valence-electron chi connectivity index (χ3n) is 5.05. The maximum absolute atomic E-state index is 13.7. The molecule has 2 aromatic carbocycles. The normalized spacial score (nSPS) is 12.7. The Morgan fingerprint density at radius 2 is 1.66 bits per heavy atom. The lowest BCUT2D eigenvalue weighted by atomic mass is 10.1. The lowest BCUT2D eigenvalue weighted by molar-refractivity contribution is -0.141. The molecule has 0 aromatic heterocycles. The average molecular weight is 607 g/mol. The zero-order chi connectivity index (χ0) is 26.6. The van der Waals surface area contributed by atoms with Crippen LogP contribution in [-0.2, 0) is 26.2 Å². The van der Waals surface area contributed by atoms with E-state index in [0.29, 0.717) is 32.2 Å². The Labute approximate surface area is 225 Å². The van der Waals surface area contributed by atoms with E-state index >= 15 is 0 Å². The van der Waals surface area contributed by atoms with Crippen molar-refractivity contribution in [2.75, 3.05) is 17.1 Å². The Hall–Kier alpha value is -1.81. The summed E-state index contributed by atoms with van der Waals surface area (Å²) in [6.07, 6.45) is 1.32. The highest BCUT2D eigenvalue weighted by Gasteiger charge is 2.33. The van der Waals surface area contributed by atoms with Crippen molar-refractivity contribution in [1.82, 2.24) is 10.2 Å². The zero-order valence-corrected chi connectivity index (χ0v) is 24.2. The molecule has 1 N–H and O–H groups in total. The molecule has 0 unspecified atom stereocenters. The number of carbonyl (C=O) groups excluding carboxylic acids is 2. The van der Waals surface area contributed by atoms with E-state index in [-0.39, 0.29) is 12.5 Å². The molecule has 0 saturated heterocycles. The van der Waals surface area contributed by atoms with Crippen molar-refractivity contribution in [2.24, 2.45) is 0 Å². The molecular formula is C24H30BrCl2N3O4S. The molecule has 2 rings (SSSR count). The van der Waals surface area contributed by atoms with Crippen molar-refractivity contribution in [3.63, 3.8) is 0 Å². The number of nitrogens with one attached hydrogen (secondary N) is 1. The van der Waals surface area contributed by atoms with E-state index in [9.17, 15) is 18.0 Å². The maximum Gasteiger partial charge on any atom is 0.244 e. The van der Waals surface area contributed by atoms with Crippen LogP contribution in [0.2, 0.25) is 10.0 Å². The minimum Gasteiger partial charge on any atom is -0.350 e. The van der Waals surface area contributed by atoms with Gasteiger partial charge in [-0.2, -0.15) is 0 Å². The van der Waals surface area contributed by atoms with Crippen molar-refractivity contribution in [1.29, 1.82) is 0 Å². The minimum absolute atomic E-state index is 0.0660. The lowest BCUT2D eigenvalue weighted by Crippen LogP contribution is -2.55. The molecule has 0 fully saturated rings. The highest BCUT2D eigenvalue weighted by molar-refractivity contribution is 9.10. The number of sulfonamides is 1. The van der Waals surface area contributed by atoms with Gasteiger partial charge in [-0.3, -0.25) is 13.9 Å². The van der Waals surface area contributed by atoms with Gasteiger partial charge in [0.05, 0.1) is 11.9 Å². The number of carbonyl (C=O) groups is 2. The molecule has 0 aliphatic carbocycles. The van der Waals surface area contributed by atoms with Gasteiger partial charge in [0.25, 0.3) is 0 Å². The summed E-state index contributed by atoms with van der Waals surface area (Å²) in [6, 6.07) is 10.7. The van der Waals surface area contributed by atoms with E-state index in [1.165, 1.54) is 4.90 Å². The monoisotopic (exact) mass is 605 g/mol. The van der Waals surface area contributed by atoms with Gasteiger partial charge < -0.3 is 10.2 Å². The first kappa shape index (κ1) is 29.4. The fraction of sp³-hybridized carbons (Fsp3) is 0.417. The van der Waals surface area contributed by atoms with Crippen LogP contribution in [0.15, 0.2) is 46.9 Å². The fourth-order valence-corrected chi connectivity index (χ4v) is 5.22. The van der Waals surface area contributed by atoms with Crippen LogP contribution in [0.25, 0.3) is 0 Å². The molecule has 0 saturated carbocycles.